The number of carbonyl (C=O) groups excluding carboxylic acids is 1. The van der Waals surface area contributed by atoms with Gasteiger partial charge in [0, 0.05) is 25.6 Å². The summed E-state index contributed by atoms with van der Waals surface area (Å²) in [6.07, 6.45) is 0.562. The largest absolute Gasteiger partial charge is 0.354 e. The van der Waals surface area contributed by atoms with Crippen LogP contribution in [-0.2, 0) is 4.79 Å². The summed E-state index contributed by atoms with van der Waals surface area (Å²) in [7, 11) is 4.10. The topological polar surface area (TPSA) is 44.4 Å². The van der Waals surface area contributed by atoms with E-state index in [1.165, 1.54) is 0 Å². The molecule has 96 valence electrons. The number of likely N-dealkylation sites (N-methyl/N-ethyl adjacent to an activating group) is 1. The molecule has 0 aromatic rings. The third-order valence-corrected chi connectivity index (χ3v) is 2.72. The van der Waals surface area contributed by atoms with Crippen LogP contribution in [0.4, 0.5) is 0 Å². The molecule has 0 heterocycles. The summed E-state index contributed by atoms with van der Waals surface area (Å²) in [6, 6.07) is 0.406. The molecule has 0 aromatic carbocycles. The van der Waals surface area contributed by atoms with Crippen LogP contribution in [0.1, 0.15) is 27.2 Å². The van der Waals surface area contributed by atoms with Gasteiger partial charge < -0.3 is 15.5 Å². The molecule has 0 spiro atoms. The van der Waals surface area contributed by atoms with Gasteiger partial charge in [0.25, 0.3) is 0 Å². The highest BCUT2D eigenvalue weighted by molar-refractivity contribution is 5.76. The molecule has 1 amide bonds. The Morgan fingerprint density at radius 2 is 1.94 bits per heavy atom. The van der Waals surface area contributed by atoms with E-state index in [-0.39, 0.29) is 5.91 Å². The number of nitrogens with zero attached hydrogens (tertiary/aromatic N) is 1. The Labute approximate surface area is 99.8 Å². The zero-order chi connectivity index (χ0) is 12.6. The first-order valence-electron chi connectivity index (χ1n) is 6.12. The maximum Gasteiger partial charge on any atom is 0.221 e. The van der Waals surface area contributed by atoms with Crippen molar-refractivity contribution in [1.82, 2.24) is 15.5 Å². The van der Waals surface area contributed by atoms with Crippen molar-refractivity contribution in [2.75, 3.05) is 33.7 Å². The number of nitrogens with one attached hydrogen (secondary N) is 2. The van der Waals surface area contributed by atoms with Crippen LogP contribution in [0.5, 0.6) is 0 Å². The third-order valence-electron chi connectivity index (χ3n) is 2.72. The van der Waals surface area contributed by atoms with Crippen molar-refractivity contribution in [3.63, 3.8) is 0 Å². The van der Waals surface area contributed by atoms with E-state index in [1.54, 1.807) is 0 Å². The molecule has 4 nitrogen and oxygen atoms in total. The van der Waals surface area contributed by atoms with Gasteiger partial charge in [-0.05, 0) is 26.6 Å². The van der Waals surface area contributed by atoms with E-state index in [4.69, 9.17) is 0 Å². The number of amides is 1. The lowest BCUT2D eigenvalue weighted by molar-refractivity contribution is -0.121. The number of rotatable bonds is 8. The van der Waals surface area contributed by atoms with E-state index >= 15 is 0 Å². The number of hydrogen-bond donors (Lipinski definition) is 2. The minimum atomic E-state index is 0.133. The molecule has 0 aliphatic heterocycles. The fraction of sp³-hybridized carbons (Fsp3) is 0.917. The van der Waals surface area contributed by atoms with Gasteiger partial charge in [0.2, 0.25) is 5.91 Å². The van der Waals surface area contributed by atoms with Crippen molar-refractivity contribution < 1.29 is 4.79 Å². The van der Waals surface area contributed by atoms with Crippen LogP contribution in [0.15, 0.2) is 0 Å². The maximum absolute atomic E-state index is 11.5. The van der Waals surface area contributed by atoms with Gasteiger partial charge in [0.1, 0.15) is 0 Å². The van der Waals surface area contributed by atoms with E-state index in [9.17, 15) is 4.79 Å². The fourth-order valence-corrected chi connectivity index (χ4v) is 1.70. The number of carbonyl (C=O) groups is 1. The summed E-state index contributed by atoms with van der Waals surface area (Å²) in [5.41, 5.74) is 0. The Kier molecular flexibility index (Phi) is 8.21. The lowest BCUT2D eigenvalue weighted by Gasteiger charge is -2.28. The normalized spacial score (nSPS) is 13.2. The zero-order valence-electron chi connectivity index (χ0n) is 11.3. The highest BCUT2D eigenvalue weighted by Crippen LogP contribution is 2.05. The standard InChI is InChI=1S/C12H27N3O/c1-6-13-8-7-12(16)14-9-11(10(2)3)15(4)5/h10-11,13H,6-9H2,1-5H3,(H,14,16). The Bertz CT molecular complexity index is 185. The quantitative estimate of drug-likeness (QED) is 0.602. The van der Waals surface area contributed by atoms with Crippen molar-refractivity contribution in [1.29, 1.82) is 0 Å². The van der Waals surface area contributed by atoms with E-state index < -0.39 is 0 Å². The van der Waals surface area contributed by atoms with Crippen LogP contribution in [0, 0.1) is 5.92 Å². The fourth-order valence-electron chi connectivity index (χ4n) is 1.70. The molecule has 0 fully saturated rings. The Morgan fingerprint density at radius 3 is 2.38 bits per heavy atom. The van der Waals surface area contributed by atoms with Crippen LogP contribution in [0.2, 0.25) is 0 Å². The van der Waals surface area contributed by atoms with Crippen LogP contribution in [0.25, 0.3) is 0 Å². The predicted molar refractivity (Wildman–Crippen MR) is 68.5 cm³/mol. The summed E-state index contributed by atoms with van der Waals surface area (Å²) < 4.78 is 0. The second kappa shape index (κ2) is 8.53. The molecule has 2 N–H and O–H groups in total. The first-order chi connectivity index (χ1) is 7.49. The Balaban J connectivity index is 3.79. The van der Waals surface area contributed by atoms with Crippen LogP contribution < -0.4 is 10.6 Å². The molecular weight excluding hydrogens is 202 g/mol. The molecular formula is C12H27N3O. The minimum Gasteiger partial charge on any atom is -0.354 e. The van der Waals surface area contributed by atoms with E-state index in [2.05, 4.69) is 43.5 Å². The van der Waals surface area contributed by atoms with Gasteiger partial charge in [-0.25, -0.2) is 0 Å². The SMILES string of the molecule is CCNCCC(=O)NCC(C(C)C)N(C)C. The third kappa shape index (κ3) is 6.80. The predicted octanol–water partition coefficient (Wildman–Crippen LogP) is 0.688. The molecule has 4 heteroatoms. The second-order valence-corrected chi connectivity index (χ2v) is 4.68. The molecule has 1 atom stereocenters. The molecule has 0 aliphatic carbocycles. The van der Waals surface area contributed by atoms with E-state index in [0.717, 1.165) is 19.6 Å². The van der Waals surface area contributed by atoms with Crippen molar-refractivity contribution in [2.45, 2.75) is 33.2 Å². The van der Waals surface area contributed by atoms with Crippen molar-refractivity contribution >= 4 is 5.91 Å². The molecule has 0 bridgehead atoms. The Hall–Kier alpha value is -0.610. The highest BCUT2D eigenvalue weighted by atomic mass is 16.1. The molecule has 0 radical (unpaired) electrons. The first kappa shape index (κ1) is 15.4. The van der Waals surface area contributed by atoms with Crippen LogP contribution >= 0.6 is 0 Å². The van der Waals surface area contributed by atoms with Crippen molar-refractivity contribution in [2.24, 2.45) is 5.92 Å². The molecule has 0 saturated heterocycles. The molecule has 16 heavy (non-hydrogen) atoms. The van der Waals surface area contributed by atoms with Gasteiger partial charge in [-0.2, -0.15) is 0 Å². The summed E-state index contributed by atoms with van der Waals surface area (Å²) >= 11 is 0. The minimum absolute atomic E-state index is 0.133. The van der Waals surface area contributed by atoms with E-state index in [0.29, 0.717) is 18.4 Å². The molecule has 0 aliphatic rings. The summed E-state index contributed by atoms with van der Waals surface area (Å²) in [5.74, 6) is 0.678. The molecule has 0 saturated carbocycles. The van der Waals surface area contributed by atoms with E-state index in [1.807, 2.05) is 6.92 Å². The highest BCUT2D eigenvalue weighted by Gasteiger charge is 2.16. The monoisotopic (exact) mass is 229 g/mol. The average molecular weight is 229 g/mol. The van der Waals surface area contributed by atoms with Gasteiger partial charge in [-0.15, -0.1) is 0 Å². The maximum atomic E-state index is 11.5. The number of hydrogen-bond acceptors (Lipinski definition) is 3. The van der Waals surface area contributed by atoms with Gasteiger partial charge in [0.15, 0.2) is 0 Å². The smallest absolute Gasteiger partial charge is 0.221 e. The van der Waals surface area contributed by atoms with Gasteiger partial charge in [-0.1, -0.05) is 20.8 Å². The second-order valence-electron chi connectivity index (χ2n) is 4.68. The van der Waals surface area contributed by atoms with Crippen LogP contribution in [-0.4, -0.2) is 50.6 Å². The van der Waals surface area contributed by atoms with Crippen molar-refractivity contribution in [3.8, 4) is 0 Å². The summed E-state index contributed by atoms with van der Waals surface area (Å²) in [5, 5.41) is 6.12. The Morgan fingerprint density at radius 1 is 1.31 bits per heavy atom. The van der Waals surface area contributed by atoms with Crippen molar-refractivity contribution in [3.05, 3.63) is 0 Å². The van der Waals surface area contributed by atoms with Gasteiger partial charge in [0.05, 0.1) is 0 Å². The van der Waals surface area contributed by atoms with Crippen LogP contribution in [0.3, 0.4) is 0 Å². The summed E-state index contributed by atoms with van der Waals surface area (Å²) in [4.78, 5) is 13.7. The van der Waals surface area contributed by atoms with Gasteiger partial charge in [-0.3, -0.25) is 4.79 Å². The summed E-state index contributed by atoms with van der Waals surface area (Å²) in [6.45, 7) is 8.80. The first-order valence-corrected chi connectivity index (χ1v) is 6.12. The lowest BCUT2D eigenvalue weighted by Crippen LogP contribution is -2.43. The molecule has 0 aromatic heterocycles. The molecule has 1 unspecified atom stereocenters. The zero-order valence-corrected chi connectivity index (χ0v) is 11.3. The van der Waals surface area contributed by atoms with Gasteiger partial charge >= 0.3 is 0 Å². The molecule has 0 rings (SSSR count). The lowest BCUT2D eigenvalue weighted by atomic mass is 10.0. The average Bonchev–Trinajstić information content (AvgIpc) is 2.17.